The van der Waals surface area contributed by atoms with E-state index in [4.69, 9.17) is 9.84 Å². The Morgan fingerprint density at radius 1 is 1.43 bits per heavy atom. The number of ether oxygens (including phenoxy) is 1. The van der Waals surface area contributed by atoms with Crippen molar-refractivity contribution in [1.29, 1.82) is 0 Å². The smallest absolute Gasteiger partial charge is 0.335 e. The summed E-state index contributed by atoms with van der Waals surface area (Å²) in [7, 11) is -2.08. The largest absolute Gasteiger partial charge is 0.493 e. The number of carboxylic acid groups (broad SMARTS) is 1. The van der Waals surface area contributed by atoms with Gasteiger partial charge >= 0.3 is 5.97 Å². The fourth-order valence-corrected chi connectivity index (χ4v) is 2.49. The van der Waals surface area contributed by atoms with E-state index in [1.807, 2.05) is 0 Å². The number of aromatic carboxylic acids is 1. The van der Waals surface area contributed by atoms with E-state index in [-0.39, 0.29) is 11.3 Å². The molecule has 2 atom stereocenters. The Balaban J connectivity index is 2.27. The lowest BCUT2D eigenvalue weighted by Crippen LogP contribution is -2.25. The van der Waals surface area contributed by atoms with Crippen LogP contribution in [0, 0.1) is 11.8 Å². The standard InChI is InChI=1S/C14H19NO5S/c1-9-4-11(9)8-20-13-6-10(14(16)17)5-12(7-13)15(2)21(3,18)19/h5-7,9,11H,4,8H2,1-3H3,(H,16,17). The molecule has 1 fully saturated rings. The summed E-state index contributed by atoms with van der Waals surface area (Å²) in [5.74, 6) is 0.378. The van der Waals surface area contributed by atoms with E-state index in [1.165, 1.54) is 19.2 Å². The van der Waals surface area contributed by atoms with E-state index < -0.39 is 16.0 Å². The van der Waals surface area contributed by atoms with Crippen LogP contribution in [-0.2, 0) is 10.0 Å². The summed E-state index contributed by atoms with van der Waals surface area (Å²) in [4.78, 5) is 11.2. The third-order valence-electron chi connectivity index (χ3n) is 3.74. The molecule has 1 aromatic rings. The average molecular weight is 313 g/mol. The lowest BCUT2D eigenvalue weighted by atomic mass is 10.2. The highest BCUT2D eigenvalue weighted by atomic mass is 32.2. The van der Waals surface area contributed by atoms with Crippen molar-refractivity contribution in [3.05, 3.63) is 23.8 Å². The number of nitrogens with zero attached hydrogens (tertiary/aromatic N) is 1. The number of sulfonamides is 1. The molecule has 1 N–H and O–H groups in total. The minimum Gasteiger partial charge on any atom is -0.493 e. The third-order valence-corrected chi connectivity index (χ3v) is 4.95. The van der Waals surface area contributed by atoms with Gasteiger partial charge in [-0.3, -0.25) is 4.31 Å². The van der Waals surface area contributed by atoms with Crippen LogP contribution in [0.2, 0.25) is 0 Å². The summed E-state index contributed by atoms with van der Waals surface area (Å²) >= 11 is 0. The summed E-state index contributed by atoms with van der Waals surface area (Å²) in [5, 5.41) is 9.13. The Morgan fingerprint density at radius 2 is 2.05 bits per heavy atom. The Morgan fingerprint density at radius 3 is 2.52 bits per heavy atom. The molecule has 0 bridgehead atoms. The highest BCUT2D eigenvalue weighted by molar-refractivity contribution is 7.92. The van der Waals surface area contributed by atoms with Crippen LogP contribution >= 0.6 is 0 Å². The molecule has 7 heteroatoms. The fourth-order valence-electron chi connectivity index (χ4n) is 2.00. The average Bonchev–Trinajstić information content (AvgIpc) is 3.10. The minimum absolute atomic E-state index is 0.00171. The molecule has 0 saturated heterocycles. The van der Waals surface area contributed by atoms with Gasteiger partial charge in [-0.25, -0.2) is 13.2 Å². The van der Waals surface area contributed by atoms with Crippen LogP contribution in [0.3, 0.4) is 0 Å². The van der Waals surface area contributed by atoms with Gasteiger partial charge in [0, 0.05) is 13.1 Å². The molecule has 1 aromatic carbocycles. The van der Waals surface area contributed by atoms with Crippen LogP contribution in [0.15, 0.2) is 18.2 Å². The molecule has 1 aliphatic rings. The molecule has 2 unspecified atom stereocenters. The van der Waals surface area contributed by atoms with Crippen LogP contribution in [0.5, 0.6) is 5.75 Å². The Hall–Kier alpha value is -1.76. The summed E-state index contributed by atoms with van der Waals surface area (Å²) < 4.78 is 29.8. The Labute approximate surface area is 124 Å². The van der Waals surface area contributed by atoms with E-state index >= 15 is 0 Å². The minimum atomic E-state index is -3.46. The lowest BCUT2D eigenvalue weighted by Gasteiger charge is -2.18. The first-order chi connectivity index (χ1) is 9.68. The van der Waals surface area contributed by atoms with Crippen molar-refractivity contribution in [3.8, 4) is 5.75 Å². The number of rotatable bonds is 6. The highest BCUT2D eigenvalue weighted by Gasteiger charge is 2.33. The molecule has 0 radical (unpaired) electrons. The van der Waals surface area contributed by atoms with Gasteiger partial charge in [-0.2, -0.15) is 0 Å². The van der Waals surface area contributed by atoms with Crippen LogP contribution < -0.4 is 9.04 Å². The van der Waals surface area contributed by atoms with Gasteiger partial charge in [-0.1, -0.05) is 6.92 Å². The van der Waals surface area contributed by atoms with Crippen molar-refractivity contribution in [2.45, 2.75) is 13.3 Å². The molecule has 0 aliphatic heterocycles. The Kier molecular flexibility index (Phi) is 4.13. The molecule has 1 aliphatic carbocycles. The van der Waals surface area contributed by atoms with Crippen molar-refractivity contribution in [3.63, 3.8) is 0 Å². The SMILES string of the molecule is CC1CC1COc1cc(C(=O)O)cc(N(C)S(C)(=O)=O)c1. The number of hydrogen-bond acceptors (Lipinski definition) is 4. The van der Waals surface area contributed by atoms with E-state index in [0.29, 0.717) is 24.2 Å². The zero-order chi connectivity index (χ0) is 15.8. The molecule has 6 nitrogen and oxygen atoms in total. The highest BCUT2D eigenvalue weighted by Crippen LogP contribution is 2.38. The van der Waals surface area contributed by atoms with E-state index in [2.05, 4.69) is 6.92 Å². The lowest BCUT2D eigenvalue weighted by molar-refractivity contribution is 0.0696. The number of benzene rings is 1. The van der Waals surface area contributed by atoms with Gasteiger partial charge in [0.15, 0.2) is 0 Å². The molecule has 0 spiro atoms. The second-order valence-electron chi connectivity index (χ2n) is 5.54. The number of carboxylic acids is 1. The van der Waals surface area contributed by atoms with Crippen LogP contribution in [0.1, 0.15) is 23.7 Å². The maximum absolute atomic E-state index is 11.6. The predicted molar refractivity (Wildman–Crippen MR) is 79.4 cm³/mol. The number of anilines is 1. The molecule has 1 saturated carbocycles. The fraction of sp³-hybridized carbons (Fsp3) is 0.500. The summed E-state index contributed by atoms with van der Waals surface area (Å²) in [6, 6.07) is 4.27. The van der Waals surface area contributed by atoms with Crippen LogP contribution in [0.4, 0.5) is 5.69 Å². The van der Waals surface area contributed by atoms with Gasteiger partial charge in [0.05, 0.1) is 24.1 Å². The quantitative estimate of drug-likeness (QED) is 0.866. The van der Waals surface area contributed by atoms with Gasteiger partial charge in [0.2, 0.25) is 10.0 Å². The van der Waals surface area contributed by atoms with Crippen LogP contribution in [-0.4, -0.2) is 39.4 Å². The molecular formula is C14H19NO5S. The van der Waals surface area contributed by atoms with Crippen molar-refractivity contribution in [2.24, 2.45) is 11.8 Å². The molecule has 21 heavy (non-hydrogen) atoms. The van der Waals surface area contributed by atoms with Crippen molar-refractivity contribution in [2.75, 3.05) is 24.2 Å². The van der Waals surface area contributed by atoms with E-state index in [9.17, 15) is 13.2 Å². The first kappa shape index (κ1) is 15.6. The second-order valence-corrected chi connectivity index (χ2v) is 7.55. The summed E-state index contributed by atoms with van der Waals surface area (Å²) in [6.07, 6.45) is 2.17. The molecule has 0 aromatic heterocycles. The summed E-state index contributed by atoms with van der Waals surface area (Å²) in [6.45, 7) is 2.65. The zero-order valence-electron chi connectivity index (χ0n) is 12.2. The van der Waals surface area contributed by atoms with Crippen molar-refractivity contribution >= 4 is 21.7 Å². The monoisotopic (exact) mass is 313 g/mol. The Bertz CT molecular complexity index is 655. The first-order valence-electron chi connectivity index (χ1n) is 6.63. The first-order valence-corrected chi connectivity index (χ1v) is 8.48. The normalized spacial score (nSPS) is 20.9. The number of hydrogen-bond donors (Lipinski definition) is 1. The maximum atomic E-state index is 11.6. The van der Waals surface area contributed by atoms with Gasteiger partial charge in [0.25, 0.3) is 0 Å². The maximum Gasteiger partial charge on any atom is 0.335 e. The van der Waals surface area contributed by atoms with Crippen molar-refractivity contribution in [1.82, 2.24) is 0 Å². The van der Waals surface area contributed by atoms with Crippen molar-refractivity contribution < 1.29 is 23.1 Å². The molecular weight excluding hydrogens is 294 g/mol. The van der Waals surface area contributed by atoms with Gasteiger partial charge in [0.1, 0.15) is 5.75 Å². The van der Waals surface area contributed by atoms with Gasteiger partial charge < -0.3 is 9.84 Å². The molecule has 2 rings (SSSR count). The van der Waals surface area contributed by atoms with Crippen LogP contribution in [0.25, 0.3) is 0 Å². The van der Waals surface area contributed by atoms with Gasteiger partial charge in [-0.15, -0.1) is 0 Å². The van der Waals surface area contributed by atoms with E-state index in [0.717, 1.165) is 17.0 Å². The molecule has 0 heterocycles. The zero-order valence-corrected chi connectivity index (χ0v) is 13.1. The van der Waals surface area contributed by atoms with E-state index in [1.54, 1.807) is 6.07 Å². The number of carbonyl (C=O) groups is 1. The second kappa shape index (κ2) is 5.55. The molecule has 0 amide bonds. The predicted octanol–water partition coefficient (Wildman–Crippen LogP) is 1.82. The third kappa shape index (κ3) is 3.87. The topological polar surface area (TPSA) is 83.9 Å². The summed E-state index contributed by atoms with van der Waals surface area (Å²) in [5.41, 5.74) is 0.276. The molecule has 116 valence electrons. The van der Waals surface area contributed by atoms with Gasteiger partial charge in [-0.05, 0) is 30.4 Å².